The fourth-order valence-corrected chi connectivity index (χ4v) is 3.68. The van der Waals surface area contributed by atoms with Gasteiger partial charge in [0, 0.05) is 18.5 Å². The van der Waals surface area contributed by atoms with Crippen molar-refractivity contribution in [3.63, 3.8) is 0 Å². The van der Waals surface area contributed by atoms with Gasteiger partial charge in [-0.2, -0.15) is 5.26 Å². The van der Waals surface area contributed by atoms with Crippen LogP contribution in [0.25, 0.3) is 10.9 Å². The molecular formula is C18H19N3OS. The number of amides is 1. The molecule has 0 spiro atoms. The summed E-state index contributed by atoms with van der Waals surface area (Å²) in [5, 5.41) is 11.0. The van der Waals surface area contributed by atoms with Crippen molar-refractivity contribution >= 4 is 28.6 Å². The number of carbonyl (C=O) groups excluding carboxylic acids is 1. The summed E-state index contributed by atoms with van der Waals surface area (Å²) in [6.45, 7) is 3.73. The van der Waals surface area contributed by atoms with E-state index < -0.39 is 0 Å². The monoisotopic (exact) mass is 325 g/mol. The number of nitrogens with zero attached hydrogens (tertiary/aromatic N) is 3. The van der Waals surface area contributed by atoms with E-state index in [9.17, 15) is 10.1 Å². The Kier molecular flexibility index (Phi) is 4.82. The zero-order valence-electron chi connectivity index (χ0n) is 13.2. The molecule has 2 heterocycles. The number of hydrogen-bond donors (Lipinski definition) is 0. The second-order valence-corrected chi connectivity index (χ2v) is 6.84. The highest BCUT2D eigenvalue weighted by molar-refractivity contribution is 8.00. The molecule has 1 aromatic carbocycles. The van der Waals surface area contributed by atoms with Gasteiger partial charge in [0.05, 0.1) is 16.8 Å². The summed E-state index contributed by atoms with van der Waals surface area (Å²) in [4.78, 5) is 18.8. The average molecular weight is 325 g/mol. The van der Waals surface area contributed by atoms with Crippen molar-refractivity contribution in [2.24, 2.45) is 0 Å². The second kappa shape index (κ2) is 7.01. The summed E-state index contributed by atoms with van der Waals surface area (Å²) in [6, 6.07) is 10.1. The van der Waals surface area contributed by atoms with Gasteiger partial charge >= 0.3 is 0 Å². The number of thioether (sulfide) groups is 1. The summed E-state index contributed by atoms with van der Waals surface area (Å²) < 4.78 is 0. The van der Waals surface area contributed by atoms with Crippen molar-refractivity contribution in [3.05, 3.63) is 35.4 Å². The smallest absolute Gasteiger partial charge is 0.232 e. The molecule has 5 heteroatoms. The van der Waals surface area contributed by atoms with Gasteiger partial charge in [-0.1, -0.05) is 23.9 Å². The van der Waals surface area contributed by atoms with Crippen LogP contribution in [0.2, 0.25) is 0 Å². The minimum absolute atomic E-state index is 0.143. The number of likely N-dealkylation sites (tertiary alicyclic amines) is 1. The highest BCUT2D eigenvalue weighted by atomic mass is 32.2. The number of pyridine rings is 1. The Morgan fingerprint density at radius 1 is 1.30 bits per heavy atom. The van der Waals surface area contributed by atoms with Crippen LogP contribution in [0.15, 0.2) is 29.3 Å². The third-order valence-electron chi connectivity index (χ3n) is 4.10. The average Bonchev–Trinajstić information content (AvgIpc) is 2.59. The predicted octanol–water partition coefficient (Wildman–Crippen LogP) is 3.52. The van der Waals surface area contributed by atoms with Crippen molar-refractivity contribution in [3.8, 4) is 6.07 Å². The van der Waals surface area contributed by atoms with E-state index in [1.165, 1.54) is 18.2 Å². The summed E-state index contributed by atoms with van der Waals surface area (Å²) in [6.07, 6.45) is 3.39. The van der Waals surface area contributed by atoms with Crippen molar-refractivity contribution in [2.75, 3.05) is 18.8 Å². The molecule has 1 fully saturated rings. The van der Waals surface area contributed by atoms with E-state index in [0.29, 0.717) is 16.3 Å². The molecule has 0 aliphatic carbocycles. The molecule has 0 atom stereocenters. The Hall–Kier alpha value is -2.06. The summed E-state index contributed by atoms with van der Waals surface area (Å²) in [5.74, 6) is 0.490. The van der Waals surface area contributed by atoms with Gasteiger partial charge in [-0.15, -0.1) is 0 Å². The lowest BCUT2D eigenvalue weighted by Crippen LogP contribution is -2.36. The van der Waals surface area contributed by atoms with E-state index in [2.05, 4.69) is 11.1 Å². The van der Waals surface area contributed by atoms with Crippen LogP contribution in [0.5, 0.6) is 0 Å². The van der Waals surface area contributed by atoms with Gasteiger partial charge in [0.25, 0.3) is 0 Å². The zero-order chi connectivity index (χ0) is 16.2. The Balaban J connectivity index is 1.78. The maximum absolute atomic E-state index is 12.3. The van der Waals surface area contributed by atoms with Gasteiger partial charge in [-0.25, -0.2) is 4.98 Å². The molecule has 3 rings (SSSR count). The fourth-order valence-electron chi connectivity index (χ4n) is 2.81. The molecule has 2 aromatic rings. The molecule has 1 aliphatic rings. The molecule has 118 valence electrons. The summed E-state index contributed by atoms with van der Waals surface area (Å²) in [7, 11) is 0. The van der Waals surface area contributed by atoms with Crippen LogP contribution in [-0.2, 0) is 4.79 Å². The first kappa shape index (κ1) is 15.8. The Morgan fingerprint density at radius 2 is 2.09 bits per heavy atom. The molecule has 0 radical (unpaired) electrons. The zero-order valence-corrected chi connectivity index (χ0v) is 14.0. The first-order valence-corrected chi connectivity index (χ1v) is 8.88. The highest BCUT2D eigenvalue weighted by Crippen LogP contribution is 2.25. The lowest BCUT2D eigenvalue weighted by Gasteiger charge is -2.26. The van der Waals surface area contributed by atoms with Crippen LogP contribution in [0.3, 0.4) is 0 Å². The number of rotatable bonds is 3. The maximum atomic E-state index is 12.3. The van der Waals surface area contributed by atoms with Gasteiger partial charge < -0.3 is 4.90 Å². The van der Waals surface area contributed by atoms with Crippen LogP contribution in [-0.4, -0.2) is 34.6 Å². The van der Waals surface area contributed by atoms with Crippen LogP contribution in [0.1, 0.15) is 30.4 Å². The van der Waals surface area contributed by atoms with Gasteiger partial charge in [-0.3, -0.25) is 4.79 Å². The van der Waals surface area contributed by atoms with Crippen molar-refractivity contribution in [2.45, 2.75) is 31.2 Å². The number of fused-ring (bicyclic) bond motifs is 1. The lowest BCUT2D eigenvalue weighted by atomic mass is 10.1. The van der Waals surface area contributed by atoms with Gasteiger partial charge in [0.1, 0.15) is 11.1 Å². The number of nitriles is 1. The van der Waals surface area contributed by atoms with E-state index in [4.69, 9.17) is 0 Å². The number of carbonyl (C=O) groups is 1. The minimum atomic E-state index is 0.143. The normalized spacial score (nSPS) is 14.7. The molecule has 0 unspecified atom stereocenters. The Morgan fingerprint density at radius 3 is 2.83 bits per heavy atom. The first-order chi connectivity index (χ1) is 11.2. The molecule has 0 N–H and O–H groups in total. The molecular weight excluding hydrogens is 306 g/mol. The van der Waals surface area contributed by atoms with Gasteiger partial charge in [-0.05, 0) is 43.9 Å². The number of aromatic nitrogens is 1. The van der Waals surface area contributed by atoms with E-state index in [0.717, 1.165) is 42.4 Å². The van der Waals surface area contributed by atoms with Crippen molar-refractivity contribution in [1.82, 2.24) is 9.88 Å². The Labute approximate surface area is 140 Å². The number of piperidine rings is 1. The maximum Gasteiger partial charge on any atom is 0.232 e. The van der Waals surface area contributed by atoms with E-state index in [1.807, 2.05) is 36.1 Å². The molecule has 1 saturated heterocycles. The third-order valence-corrected chi connectivity index (χ3v) is 5.08. The molecule has 23 heavy (non-hydrogen) atoms. The first-order valence-electron chi connectivity index (χ1n) is 7.89. The molecule has 1 aliphatic heterocycles. The summed E-state index contributed by atoms with van der Waals surface area (Å²) in [5.41, 5.74) is 2.55. The second-order valence-electron chi connectivity index (χ2n) is 5.88. The van der Waals surface area contributed by atoms with Crippen molar-refractivity contribution < 1.29 is 4.79 Å². The quantitative estimate of drug-likeness (QED) is 0.810. The van der Waals surface area contributed by atoms with Crippen LogP contribution in [0, 0.1) is 18.3 Å². The van der Waals surface area contributed by atoms with Crippen LogP contribution >= 0.6 is 11.8 Å². The molecule has 1 aromatic heterocycles. The highest BCUT2D eigenvalue weighted by Gasteiger charge is 2.17. The number of aryl methyl sites for hydroxylation is 1. The van der Waals surface area contributed by atoms with Crippen LogP contribution < -0.4 is 0 Å². The van der Waals surface area contributed by atoms with E-state index in [1.54, 1.807) is 0 Å². The standard InChI is InChI=1S/C18H19N3OS/c1-13-5-6-14-10-15(11-19)18(20-16(14)9-13)23-12-17(22)21-7-3-2-4-8-21/h5-6,9-10H,2-4,7-8,12H2,1H3. The minimum Gasteiger partial charge on any atom is -0.342 e. The molecule has 4 nitrogen and oxygen atoms in total. The predicted molar refractivity (Wildman–Crippen MR) is 92.4 cm³/mol. The van der Waals surface area contributed by atoms with Gasteiger partial charge in [0.15, 0.2) is 0 Å². The largest absolute Gasteiger partial charge is 0.342 e. The topological polar surface area (TPSA) is 57.0 Å². The lowest BCUT2D eigenvalue weighted by molar-refractivity contribution is -0.129. The summed E-state index contributed by atoms with van der Waals surface area (Å²) >= 11 is 1.37. The SMILES string of the molecule is Cc1ccc2cc(C#N)c(SCC(=O)N3CCCCC3)nc2c1. The van der Waals surface area contributed by atoms with Gasteiger partial charge in [0.2, 0.25) is 5.91 Å². The molecule has 0 saturated carbocycles. The molecule has 1 amide bonds. The van der Waals surface area contributed by atoms with E-state index in [-0.39, 0.29) is 5.91 Å². The Bertz CT molecular complexity index is 776. The van der Waals surface area contributed by atoms with E-state index >= 15 is 0 Å². The number of benzene rings is 1. The third kappa shape index (κ3) is 3.65. The molecule has 0 bridgehead atoms. The van der Waals surface area contributed by atoms with Crippen molar-refractivity contribution in [1.29, 1.82) is 5.26 Å². The van der Waals surface area contributed by atoms with Crippen LogP contribution in [0.4, 0.5) is 0 Å². The fraction of sp³-hybridized carbons (Fsp3) is 0.389. The number of hydrogen-bond acceptors (Lipinski definition) is 4.